The highest BCUT2D eigenvalue weighted by Crippen LogP contribution is 2.42. The lowest BCUT2D eigenvalue weighted by Gasteiger charge is -2.26. The van der Waals surface area contributed by atoms with Gasteiger partial charge in [-0.3, -0.25) is 4.79 Å². The van der Waals surface area contributed by atoms with E-state index in [1.54, 1.807) is 0 Å². The SMILES string of the molecule is CC(=O)SCCC(F)CC(F)(F)C(F)(F)C(F)F. The molecule has 0 amide bonds. The maximum absolute atomic E-state index is 13.0. The van der Waals surface area contributed by atoms with Crippen LogP contribution in [0.2, 0.25) is 0 Å². The van der Waals surface area contributed by atoms with Crippen molar-refractivity contribution in [3.05, 3.63) is 0 Å². The molecule has 1 unspecified atom stereocenters. The Morgan fingerprint density at radius 2 is 1.67 bits per heavy atom. The maximum atomic E-state index is 13.0. The minimum atomic E-state index is -5.56. The largest absolute Gasteiger partial charge is 0.369 e. The van der Waals surface area contributed by atoms with Crippen molar-refractivity contribution in [2.45, 2.75) is 44.2 Å². The van der Waals surface area contributed by atoms with E-state index in [1.165, 1.54) is 0 Å². The van der Waals surface area contributed by atoms with E-state index < -0.39 is 37.3 Å². The summed E-state index contributed by atoms with van der Waals surface area (Å²) in [6.07, 6.45) is -9.52. The van der Waals surface area contributed by atoms with Gasteiger partial charge < -0.3 is 0 Å². The summed E-state index contributed by atoms with van der Waals surface area (Å²) in [6, 6.07) is 0. The first-order valence-electron chi connectivity index (χ1n) is 4.82. The highest BCUT2D eigenvalue weighted by Gasteiger charge is 2.63. The minimum absolute atomic E-state index is 0.174. The molecule has 1 atom stereocenters. The third-order valence-electron chi connectivity index (χ3n) is 1.98. The molecular formula is C9H11F7OS. The lowest BCUT2D eigenvalue weighted by molar-refractivity contribution is -0.269. The van der Waals surface area contributed by atoms with E-state index in [0.29, 0.717) is 11.8 Å². The molecule has 108 valence electrons. The van der Waals surface area contributed by atoms with E-state index in [9.17, 15) is 35.5 Å². The van der Waals surface area contributed by atoms with Crippen LogP contribution in [0.3, 0.4) is 0 Å². The molecule has 0 rings (SSSR count). The lowest BCUT2D eigenvalue weighted by Crippen LogP contribution is -2.47. The van der Waals surface area contributed by atoms with Gasteiger partial charge in [-0.05, 0) is 6.42 Å². The van der Waals surface area contributed by atoms with Crippen LogP contribution in [0.15, 0.2) is 0 Å². The van der Waals surface area contributed by atoms with E-state index >= 15 is 0 Å². The minimum Gasteiger partial charge on any atom is -0.288 e. The van der Waals surface area contributed by atoms with E-state index in [0.717, 1.165) is 6.92 Å². The summed E-state index contributed by atoms with van der Waals surface area (Å²) in [5.41, 5.74) is 0. The summed E-state index contributed by atoms with van der Waals surface area (Å²) in [6.45, 7) is 1.16. The van der Waals surface area contributed by atoms with Crippen LogP contribution in [-0.4, -0.2) is 35.3 Å². The zero-order chi connectivity index (χ0) is 14.6. The molecule has 0 aliphatic carbocycles. The van der Waals surface area contributed by atoms with Gasteiger partial charge in [0.15, 0.2) is 5.12 Å². The molecule has 0 saturated carbocycles. The summed E-state index contributed by atoms with van der Waals surface area (Å²) in [5, 5.41) is -0.383. The molecule has 0 aromatic carbocycles. The van der Waals surface area contributed by atoms with Gasteiger partial charge in [0.05, 0.1) is 0 Å². The number of rotatable bonds is 7. The van der Waals surface area contributed by atoms with Crippen LogP contribution in [-0.2, 0) is 4.79 Å². The monoisotopic (exact) mass is 300 g/mol. The number of hydrogen-bond donors (Lipinski definition) is 0. The van der Waals surface area contributed by atoms with Crippen molar-refractivity contribution in [2.24, 2.45) is 0 Å². The van der Waals surface area contributed by atoms with E-state index in [2.05, 4.69) is 0 Å². The molecule has 0 aromatic heterocycles. The Labute approximate surface area is 103 Å². The normalized spacial score (nSPS) is 14.9. The first kappa shape index (κ1) is 17.5. The molecule has 0 saturated heterocycles. The molecule has 1 nitrogen and oxygen atoms in total. The molecule has 0 aliphatic heterocycles. The van der Waals surface area contributed by atoms with Gasteiger partial charge in [-0.25, -0.2) is 13.2 Å². The lowest BCUT2D eigenvalue weighted by atomic mass is 10.0. The molecular weight excluding hydrogens is 289 g/mol. The molecule has 0 heterocycles. The molecule has 0 N–H and O–H groups in total. The van der Waals surface area contributed by atoms with Gasteiger partial charge >= 0.3 is 18.3 Å². The Morgan fingerprint density at radius 1 is 1.17 bits per heavy atom. The standard InChI is InChI=1S/C9H11F7OS/c1-5(17)18-3-2-6(10)4-8(13,14)9(15,16)7(11)12/h6-7H,2-4H2,1H3. The van der Waals surface area contributed by atoms with Crippen LogP contribution in [0.4, 0.5) is 30.7 Å². The number of halogens is 7. The fourth-order valence-electron chi connectivity index (χ4n) is 1.01. The van der Waals surface area contributed by atoms with Crippen LogP contribution in [0.25, 0.3) is 0 Å². The first-order valence-corrected chi connectivity index (χ1v) is 5.80. The predicted molar refractivity (Wildman–Crippen MR) is 53.2 cm³/mol. The van der Waals surface area contributed by atoms with E-state index in [4.69, 9.17) is 0 Å². The highest BCUT2D eigenvalue weighted by molar-refractivity contribution is 8.13. The fraction of sp³-hybridized carbons (Fsp3) is 0.889. The number of carbonyl (C=O) groups is 1. The predicted octanol–water partition coefficient (Wildman–Crippen LogP) is 3.92. The number of thioether (sulfide) groups is 1. The van der Waals surface area contributed by atoms with Crippen molar-refractivity contribution in [3.8, 4) is 0 Å². The summed E-state index contributed by atoms with van der Waals surface area (Å²) in [4.78, 5) is 10.4. The van der Waals surface area contributed by atoms with Crippen LogP contribution >= 0.6 is 11.8 Å². The molecule has 0 aliphatic rings. The van der Waals surface area contributed by atoms with Gasteiger partial charge in [-0.1, -0.05) is 11.8 Å². The zero-order valence-corrected chi connectivity index (χ0v) is 10.1. The number of carbonyl (C=O) groups excluding carboxylic acids is 1. The summed E-state index contributed by atoms with van der Waals surface area (Å²) >= 11 is 0.640. The third-order valence-corrected chi connectivity index (χ3v) is 2.82. The zero-order valence-electron chi connectivity index (χ0n) is 9.24. The van der Waals surface area contributed by atoms with Crippen molar-refractivity contribution in [2.75, 3.05) is 5.75 Å². The topological polar surface area (TPSA) is 17.1 Å². The van der Waals surface area contributed by atoms with Crippen LogP contribution < -0.4 is 0 Å². The smallest absolute Gasteiger partial charge is 0.288 e. The Kier molecular flexibility index (Phi) is 6.45. The average Bonchev–Trinajstić information content (AvgIpc) is 2.15. The summed E-state index contributed by atoms with van der Waals surface area (Å²) < 4.78 is 86.7. The fourth-order valence-corrected chi connectivity index (χ4v) is 1.67. The molecule has 0 fully saturated rings. The van der Waals surface area contributed by atoms with Gasteiger partial charge in [0, 0.05) is 19.1 Å². The molecule has 0 radical (unpaired) electrons. The molecule has 18 heavy (non-hydrogen) atoms. The molecule has 0 aromatic rings. The van der Waals surface area contributed by atoms with Crippen molar-refractivity contribution in [1.29, 1.82) is 0 Å². The van der Waals surface area contributed by atoms with Gasteiger partial charge in [0.25, 0.3) is 0 Å². The second kappa shape index (κ2) is 6.63. The van der Waals surface area contributed by atoms with Crippen molar-refractivity contribution in [3.63, 3.8) is 0 Å². The Balaban J connectivity index is 4.35. The van der Waals surface area contributed by atoms with Crippen molar-refractivity contribution >= 4 is 16.9 Å². The molecule has 0 spiro atoms. The first-order chi connectivity index (χ1) is 8.00. The van der Waals surface area contributed by atoms with Crippen LogP contribution in [0.5, 0.6) is 0 Å². The summed E-state index contributed by atoms with van der Waals surface area (Å²) in [5.74, 6) is -10.9. The summed E-state index contributed by atoms with van der Waals surface area (Å²) in [7, 11) is 0. The molecule has 0 bridgehead atoms. The third kappa shape index (κ3) is 5.03. The van der Waals surface area contributed by atoms with E-state index in [-0.39, 0.29) is 10.9 Å². The quantitative estimate of drug-likeness (QED) is 0.663. The average molecular weight is 300 g/mol. The Morgan fingerprint density at radius 3 is 2.06 bits per heavy atom. The van der Waals surface area contributed by atoms with Crippen molar-refractivity contribution in [1.82, 2.24) is 0 Å². The van der Waals surface area contributed by atoms with Gasteiger partial charge in [-0.2, -0.15) is 17.6 Å². The highest BCUT2D eigenvalue weighted by atomic mass is 32.2. The number of hydrogen-bond acceptors (Lipinski definition) is 2. The van der Waals surface area contributed by atoms with Crippen molar-refractivity contribution < 1.29 is 35.5 Å². The Bertz CT molecular complexity index is 282. The van der Waals surface area contributed by atoms with Gasteiger partial charge in [-0.15, -0.1) is 0 Å². The van der Waals surface area contributed by atoms with Crippen LogP contribution in [0, 0.1) is 0 Å². The maximum Gasteiger partial charge on any atom is 0.369 e. The Hall–Kier alpha value is -0.470. The van der Waals surface area contributed by atoms with Gasteiger partial charge in [0.1, 0.15) is 6.17 Å². The molecule has 9 heteroatoms. The van der Waals surface area contributed by atoms with E-state index in [1.807, 2.05) is 0 Å². The van der Waals surface area contributed by atoms with Crippen LogP contribution in [0.1, 0.15) is 19.8 Å². The second-order valence-corrected chi connectivity index (χ2v) is 4.83. The number of alkyl halides is 7. The van der Waals surface area contributed by atoms with Gasteiger partial charge in [0.2, 0.25) is 0 Å². The second-order valence-electron chi connectivity index (χ2n) is 3.56.